The third kappa shape index (κ3) is 6.95. The highest BCUT2D eigenvalue weighted by Gasteiger charge is 2.24. The summed E-state index contributed by atoms with van der Waals surface area (Å²) in [5.41, 5.74) is 2.12. The van der Waals surface area contributed by atoms with Gasteiger partial charge in [-0.25, -0.2) is 13.4 Å². The van der Waals surface area contributed by atoms with E-state index >= 15 is 0 Å². The molecule has 1 aromatic heterocycles. The molecule has 37 heavy (non-hydrogen) atoms. The molecule has 0 N–H and O–H groups in total. The van der Waals surface area contributed by atoms with Gasteiger partial charge in [-0.1, -0.05) is 57.6 Å². The summed E-state index contributed by atoms with van der Waals surface area (Å²) in [7, 11) is 1.74. The van der Waals surface area contributed by atoms with Crippen molar-refractivity contribution in [3.63, 3.8) is 0 Å². The topological polar surface area (TPSA) is 73.8 Å². The summed E-state index contributed by atoms with van der Waals surface area (Å²) in [5, 5.41) is 0.606. The van der Waals surface area contributed by atoms with E-state index in [0.717, 1.165) is 20.3 Å². The van der Waals surface area contributed by atoms with Gasteiger partial charge < -0.3 is 4.90 Å². The van der Waals surface area contributed by atoms with E-state index in [1.165, 1.54) is 27.8 Å². The van der Waals surface area contributed by atoms with Crippen LogP contribution in [-0.2, 0) is 16.6 Å². The van der Waals surface area contributed by atoms with Crippen molar-refractivity contribution in [2.75, 3.05) is 39.1 Å². The van der Waals surface area contributed by atoms with E-state index in [-0.39, 0.29) is 29.8 Å². The van der Waals surface area contributed by atoms with E-state index in [9.17, 15) is 13.2 Å². The van der Waals surface area contributed by atoms with Crippen LogP contribution in [0.1, 0.15) is 15.9 Å². The number of thiazole rings is 1. The van der Waals surface area contributed by atoms with Crippen molar-refractivity contribution >= 4 is 71.0 Å². The van der Waals surface area contributed by atoms with Gasteiger partial charge in [-0.05, 0) is 62.1 Å². The van der Waals surface area contributed by atoms with Crippen molar-refractivity contribution in [1.29, 1.82) is 0 Å². The summed E-state index contributed by atoms with van der Waals surface area (Å²) < 4.78 is 29.4. The molecule has 1 amide bonds. The minimum atomic E-state index is -3.71. The average molecular weight is 624 g/mol. The number of likely N-dealkylation sites (N-methyl/N-ethyl adjacent to an activating group) is 1. The molecule has 0 aliphatic rings. The Morgan fingerprint density at radius 2 is 1.62 bits per heavy atom. The molecule has 4 aromatic rings. The van der Waals surface area contributed by atoms with Crippen LogP contribution in [0.2, 0.25) is 0 Å². The third-order valence-corrected chi connectivity index (χ3v) is 9.00. The van der Waals surface area contributed by atoms with E-state index in [0.29, 0.717) is 23.8 Å². The van der Waals surface area contributed by atoms with Crippen LogP contribution in [-0.4, -0.2) is 62.7 Å². The highest BCUT2D eigenvalue weighted by molar-refractivity contribution is 9.10. The van der Waals surface area contributed by atoms with E-state index in [2.05, 4.69) is 20.9 Å². The molecule has 0 atom stereocenters. The number of hydrogen-bond donors (Lipinski definition) is 0. The fourth-order valence-electron chi connectivity index (χ4n) is 3.62. The molecule has 0 aliphatic heterocycles. The highest BCUT2D eigenvalue weighted by atomic mass is 79.9. The number of carbonyl (C=O) groups excluding carboxylic acids is 1. The lowest BCUT2D eigenvalue weighted by atomic mass is 10.2. The van der Waals surface area contributed by atoms with Crippen molar-refractivity contribution in [1.82, 2.24) is 14.2 Å². The second-order valence-corrected chi connectivity index (χ2v) is 12.6. The molecule has 7 nitrogen and oxygen atoms in total. The van der Waals surface area contributed by atoms with Crippen LogP contribution in [0.3, 0.4) is 0 Å². The van der Waals surface area contributed by atoms with Crippen LogP contribution in [0.4, 0.5) is 5.13 Å². The summed E-state index contributed by atoms with van der Waals surface area (Å²) in [6, 6.07) is 21.4. The molecular formula is C26H28BrClN4O3S2. The van der Waals surface area contributed by atoms with Crippen molar-refractivity contribution in [3.8, 4) is 0 Å². The minimum Gasteiger partial charge on any atom is -0.308 e. The van der Waals surface area contributed by atoms with E-state index in [1.54, 1.807) is 24.1 Å². The number of hydrogen-bond acceptors (Lipinski definition) is 6. The van der Waals surface area contributed by atoms with Crippen molar-refractivity contribution in [2.45, 2.75) is 11.4 Å². The smallest absolute Gasteiger partial charge is 0.260 e. The van der Waals surface area contributed by atoms with Crippen molar-refractivity contribution in [3.05, 3.63) is 88.4 Å². The fourth-order valence-corrected chi connectivity index (χ4v) is 6.32. The summed E-state index contributed by atoms with van der Waals surface area (Å²) in [4.78, 5) is 22.0. The fraction of sp³-hybridized carbons (Fsp3) is 0.231. The number of sulfonamides is 1. The number of nitrogens with zero attached hydrogens (tertiary/aromatic N) is 4. The lowest BCUT2D eigenvalue weighted by Gasteiger charge is -2.22. The summed E-state index contributed by atoms with van der Waals surface area (Å²) in [5.74, 6) is -0.225. The molecule has 0 radical (unpaired) electrons. The monoisotopic (exact) mass is 622 g/mol. The standard InChI is InChI=1S/C26H27BrN4O3S2.ClH/c1-29(2)15-16-31(26-28-23-14-11-21(27)17-24(23)35-26)25(32)20-9-12-22(13-10-20)36(33,34)30(3)18-19-7-5-4-6-8-19;/h4-14,17H,15-16,18H2,1-3H3;1H. The zero-order chi connectivity index (χ0) is 25.9. The van der Waals surface area contributed by atoms with Gasteiger partial charge in [-0.2, -0.15) is 4.31 Å². The molecule has 4 rings (SSSR count). The lowest BCUT2D eigenvalue weighted by Crippen LogP contribution is -2.36. The molecular weight excluding hydrogens is 596 g/mol. The van der Waals surface area contributed by atoms with Crippen LogP contribution in [0.5, 0.6) is 0 Å². The molecule has 0 bridgehead atoms. The van der Waals surface area contributed by atoms with Crippen LogP contribution < -0.4 is 4.90 Å². The van der Waals surface area contributed by atoms with Crippen LogP contribution in [0, 0.1) is 0 Å². The Morgan fingerprint density at radius 1 is 0.946 bits per heavy atom. The first-order chi connectivity index (χ1) is 17.1. The Labute approximate surface area is 236 Å². The van der Waals surface area contributed by atoms with Gasteiger partial charge in [0, 0.05) is 36.7 Å². The SMILES string of the molecule is CN(C)CCN(C(=O)c1ccc(S(=O)(=O)N(C)Cc2ccccc2)cc1)c1nc2ccc(Br)cc2s1.Cl. The van der Waals surface area contributed by atoms with Crippen molar-refractivity contribution < 1.29 is 13.2 Å². The number of fused-ring (bicyclic) bond motifs is 1. The molecule has 196 valence electrons. The maximum absolute atomic E-state index is 13.5. The van der Waals surface area contributed by atoms with E-state index < -0.39 is 10.0 Å². The van der Waals surface area contributed by atoms with Gasteiger partial charge in [0.1, 0.15) is 0 Å². The van der Waals surface area contributed by atoms with E-state index in [1.807, 2.05) is 67.5 Å². The third-order valence-electron chi connectivity index (χ3n) is 5.64. The van der Waals surface area contributed by atoms with Gasteiger partial charge >= 0.3 is 0 Å². The molecule has 0 saturated carbocycles. The van der Waals surface area contributed by atoms with Crippen LogP contribution in [0.25, 0.3) is 10.2 Å². The largest absolute Gasteiger partial charge is 0.308 e. The van der Waals surface area contributed by atoms with E-state index in [4.69, 9.17) is 0 Å². The first kappa shape index (κ1) is 29.2. The molecule has 0 spiro atoms. The maximum Gasteiger partial charge on any atom is 0.260 e. The number of rotatable bonds is 9. The Hall–Kier alpha value is -2.34. The Bertz CT molecular complexity index is 1460. The quantitative estimate of drug-likeness (QED) is 0.246. The predicted octanol–water partition coefficient (Wildman–Crippen LogP) is 5.51. The molecule has 0 unspecified atom stereocenters. The summed E-state index contributed by atoms with van der Waals surface area (Å²) >= 11 is 4.93. The predicted molar refractivity (Wildman–Crippen MR) is 156 cm³/mol. The molecule has 3 aromatic carbocycles. The van der Waals surface area contributed by atoms with Gasteiger partial charge in [0.05, 0.1) is 15.1 Å². The Morgan fingerprint density at radius 3 is 2.27 bits per heavy atom. The minimum absolute atomic E-state index is 0. The number of benzene rings is 3. The Kier molecular flexibility index (Phi) is 9.85. The highest BCUT2D eigenvalue weighted by Crippen LogP contribution is 2.32. The van der Waals surface area contributed by atoms with Crippen LogP contribution >= 0.6 is 39.7 Å². The molecule has 0 aliphatic carbocycles. The maximum atomic E-state index is 13.5. The number of halogens is 2. The van der Waals surface area contributed by atoms with Gasteiger partial charge in [0.2, 0.25) is 10.0 Å². The average Bonchev–Trinajstić information content (AvgIpc) is 3.27. The van der Waals surface area contributed by atoms with Gasteiger partial charge in [0.15, 0.2) is 5.13 Å². The number of anilines is 1. The molecule has 0 saturated heterocycles. The first-order valence-electron chi connectivity index (χ1n) is 11.3. The zero-order valence-corrected chi connectivity index (χ0v) is 24.7. The summed E-state index contributed by atoms with van der Waals surface area (Å²) in [6.07, 6.45) is 0. The second kappa shape index (κ2) is 12.5. The van der Waals surface area contributed by atoms with Gasteiger partial charge in [-0.3, -0.25) is 9.69 Å². The molecule has 11 heteroatoms. The number of aromatic nitrogens is 1. The number of carbonyl (C=O) groups is 1. The zero-order valence-electron chi connectivity index (χ0n) is 20.7. The first-order valence-corrected chi connectivity index (χ1v) is 14.3. The molecule has 0 fully saturated rings. The normalized spacial score (nSPS) is 11.6. The van der Waals surface area contributed by atoms with Crippen LogP contribution in [0.15, 0.2) is 82.2 Å². The van der Waals surface area contributed by atoms with Gasteiger partial charge in [0.25, 0.3) is 5.91 Å². The second-order valence-electron chi connectivity index (χ2n) is 8.64. The van der Waals surface area contributed by atoms with Gasteiger partial charge in [-0.15, -0.1) is 12.4 Å². The Balaban J connectivity index is 0.00000380. The lowest BCUT2D eigenvalue weighted by molar-refractivity contribution is 0.0985. The number of amides is 1. The summed E-state index contributed by atoms with van der Waals surface area (Å²) in [6.45, 7) is 1.37. The molecule has 1 heterocycles. The van der Waals surface area contributed by atoms with Crippen molar-refractivity contribution in [2.24, 2.45) is 0 Å².